The van der Waals surface area contributed by atoms with Gasteiger partial charge in [-0.25, -0.2) is 18.5 Å². The fourth-order valence-corrected chi connectivity index (χ4v) is 2.48. The van der Waals surface area contributed by atoms with Crippen molar-refractivity contribution in [2.24, 2.45) is 5.14 Å². The molecule has 0 aliphatic carbocycles. The van der Waals surface area contributed by atoms with E-state index < -0.39 is 10.0 Å². The lowest BCUT2D eigenvalue weighted by atomic mass is 10.1. The smallest absolute Gasteiger partial charge is 0.238 e. The molecule has 2 rings (SSSR count). The number of pyridine rings is 1. The summed E-state index contributed by atoms with van der Waals surface area (Å²) in [5, 5.41) is 5.17. The number of nitrogens with two attached hydrogens (primary N) is 1. The number of rotatable bonds is 2. The number of nitrogens with zero attached hydrogens (tertiary/aromatic N) is 1. The number of benzene rings is 1. The summed E-state index contributed by atoms with van der Waals surface area (Å²) in [6, 6.07) is 10.1. The van der Waals surface area contributed by atoms with Gasteiger partial charge in [-0.1, -0.05) is 24.3 Å². The van der Waals surface area contributed by atoms with Gasteiger partial charge in [0.05, 0.1) is 4.90 Å². The van der Waals surface area contributed by atoms with Gasteiger partial charge in [0.1, 0.15) is 4.60 Å². The first-order valence-electron chi connectivity index (χ1n) is 4.72. The lowest BCUT2D eigenvalue weighted by Gasteiger charge is -2.07. The quantitative estimate of drug-likeness (QED) is 0.864. The third kappa shape index (κ3) is 2.71. The van der Waals surface area contributed by atoms with Gasteiger partial charge in [0.2, 0.25) is 10.0 Å². The molecule has 0 bridgehead atoms. The normalized spacial score (nSPS) is 11.4. The maximum atomic E-state index is 11.4. The summed E-state index contributed by atoms with van der Waals surface area (Å²) >= 11 is 3.22. The van der Waals surface area contributed by atoms with E-state index in [1.54, 1.807) is 36.5 Å². The Morgan fingerprint density at radius 3 is 2.41 bits per heavy atom. The van der Waals surface area contributed by atoms with Crippen LogP contribution in [0.15, 0.2) is 52.1 Å². The summed E-state index contributed by atoms with van der Waals surface area (Å²) in [6.07, 6.45) is 1.59. The Bertz CT molecular complexity index is 639. The van der Waals surface area contributed by atoms with Crippen LogP contribution in [0.3, 0.4) is 0 Å². The second-order valence-corrected chi connectivity index (χ2v) is 5.75. The summed E-state index contributed by atoms with van der Waals surface area (Å²) in [5.41, 5.74) is 1.26. The van der Waals surface area contributed by atoms with Gasteiger partial charge in [0.25, 0.3) is 0 Å². The first-order valence-corrected chi connectivity index (χ1v) is 7.06. The molecule has 0 aliphatic rings. The van der Waals surface area contributed by atoms with Gasteiger partial charge in [-0.3, -0.25) is 0 Å². The summed E-state index contributed by atoms with van der Waals surface area (Å²) < 4.78 is 23.6. The second-order valence-electron chi connectivity index (χ2n) is 3.41. The third-order valence-corrected chi connectivity index (χ3v) is 3.67. The molecule has 0 aliphatic heterocycles. The van der Waals surface area contributed by atoms with Crippen molar-refractivity contribution in [3.05, 3.63) is 47.2 Å². The van der Waals surface area contributed by atoms with Crippen LogP contribution in [0.5, 0.6) is 0 Å². The maximum absolute atomic E-state index is 11.4. The van der Waals surface area contributed by atoms with Crippen molar-refractivity contribution >= 4 is 26.0 Å². The van der Waals surface area contributed by atoms with Crippen LogP contribution in [0.25, 0.3) is 11.1 Å². The first-order chi connectivity index (χ1) is 7.98. The van der Waals surface area contributed by atoms with Crippen molar-refractivity contribution < 1.29 is 8.42 Å². The number of primary sulfonamides is 1. The molecule has 88 valence electrons. The van der Waals surface area contributed by atoms with Crippen LogP contribution in [-0.2, 0) is 10.0 Å². The van der Waals surface area contributed by atoms with Crippen molar-refractivity contribution in [1.82, 2.24) is 4.98 Å². The summed E-state index contributed by atoms with van der Waals surface area (Å²) in [5.74, 6) is 0. The molecule has 0 saturated heterocycles. The molecule has 0 spiro atoms. The highest BCUT2D eigenvalue weighted by atomic mass is 79.9. The zero-order valence-electron chi connectivity index (χ0n) is 8.67. The highest BCUT2D eigenvalue weighted by molar-refractivity contribution is 9.10. The number of hydrogen-bond acceptors (Lipinski definition) is 3. The molecule has 2 N–H and O–H groups in total. The standard InChI is InChI=1S/C11H9BrN2O2S/c12-11-6-5-8(7-14-11)9-3-1-2-4-10(9)17(13,15)16/h1-7H,(H2,13,15,16). The molecule has 4 nitrogen and oxygen atoms in total. The van der Waals surface area contributed by atoms with Gasteiger partial charge in [-0.2, -0.15) is 0 Å². The van der Waals surface area contributed by atoms with E-state index in [1.165, 1.54) is 6.07 Å². The van der Waals surface area contributed by atoms with E-state index in [0.717, 1.165) is 0 Å². The predicted molar refractivity (Wildman–Crippen MR) is 68.7 cm³/mol. The molecule has 1 aromatic carbocycles. The summed E-state index contributed by atoms with van der Waals surface area (Å²) in [6.45, 7) is 0. The van der Waals surface area contributed by atoms with Crippen molar-refractivity contribution in [1.29, 1.82) is 0 Å². The number of sulfonamides is 1. The fourth-order valence-electron chi connectivity index (χ4n) is 1.49. The summed E-state index contributed by atoms with van der Waals surface area (Å²) in [7, 11) is -3.73. The lowest BCUT2D eigenvalue weighted by Crippen LogP contribution is -2.13. The molecule has 6 heteroatoms. The van der Waals surface area contributed by atoms with Gasteiger partial charge >= 0.3 is 0 Å². The van der Waals surface area contributed by atoms with Gasteiger partial charge < -0.3 is 0 Å². The number of aromatic nitrogens is 1. The summed E-state index contributed by atoms with van der Waals surface area (Å²) in [4.78, 5) is 4.16. The first kappa shape index (κ1) is 12.2. The van der Waals surface area contributed by atoms with Crippen LogP contribution in [0, 0.1) is 0 Å². The van der Waals surface area contributed by atoms with E-state index in [9.17, 15) is 8.42 Å². The minimum atomic E-state index is -3.73. The molecule has 0 atom stereocenters. The lowest BCUT2D eigenvalue weighted by molar-refractivity contribution is 0.598. The Hall–Kier alpha value is -1.24. The molecule has 17 heavy (non-hydrogen) atoms. The predicted octanol–water partition coefficient (Wildman–Crippen LogP) is 2.16. The van der Waals surface area contributed by atoms with Crippen LogP contribution in [0.2, 0.25) is 0 Å². The fraction of sp³-hybridized carbons (Fsp3) is 0. The molecule has 0 fully saturated rings. The van der Waals surface area contributed by atoms with E-state index in [-0.39, 0.29) is 4.90 Å². The number of halogens is 1. The Balaban J connectivity index is 2.64. The Kier molecular flexibility index (Phi) is 3.28. The molecular formula is C11H9BrN2O2S. The van der Waals surface area contributed by atoms with Gasteiger partial charge in [-0.15, -0.1) is 0 Å². The van der Waals surface area contributed by atoms with E-state index in [4.69, 9.17) is 5.14 Å². The van der Waals surface area contributed by atoms with Crippen LogP contribution in [0.1, 0.15) is 0 Å². The highest BCUT2D eigenvalue weighted by Gasteiger charge is 2.14. The van der Waals surface area contributed by atoms with Gasteiger partial charge in [-0.05, 0) is 28.1 Å². The van der Waals surface area contributed by atoms with Crippen molar-refractivity contribution in [2.45, 2.75) is 4.90 Å². The third-order valence-electron chi connectivity index (χ3n) is 2.23. The minimum Gasteiger partial charge on any atom is -0.249 e. The minimum absolute atomic E-state index is 0.101. The zero-order valence-corrected chi connectivity index (χ0v) is 11.1. The van der Waals surface area contributed by atoms with E-state index in [2.05, 4.69) is 20.9 Å². The van der Waals surface area contributed by atoms with Crippen LogP contribution < -0.4 is 5.14 Å². The topological polar surface area (TPSA) is 73.1 Å². The largest absolute Gasteiger partial charge is 0.249 e. The molecule has 1 aromatic heterocycles. The second kappa shape index (κ2) is 4.56. The van der Waals surface area contributed by atoms with Crippen molar-refractivity contribution in [2.75, 3.05) is 0 Å². The maximum Gasteiger partial charge on any atom is 0.238 e. The average molecular weight is 313 g/mol. The Morgan fingerprint density at radius 1 is 1.12 bits per heavy atom. The molecule has 0 radical (unpaired) electrons. The molecule has 0 saturated carbocycles. The van der Waals surface area contributed by atoms with Gasteiger partial charge in [0.15, 0.2) is 0 Å². The van der Waals surface area contributed by atoms with Crippen molar-refractivity contribution in [3.8, 4) is 11.1 Å². The van der Waals surface area contributed by atoms with E-state index in [0.29, 0.717) is 15.7 Å². The Morgan fingerprint density at radius 2 is 1.82 bits per heavy atom. The SMILES string of the molecule is NS(=O)(=O)c1ccccc1-c1ccc(Br)nc1. The molecule has 0 amide bonds. The van der Waals surface area contributed by atoms with Crippen LogP contribution in [-0.4, -0.2) is 13.4 Å². The van der Waals surface area contributed by atoms with E-state index >= 15 is 0 Å². The van der Waals surface area contributed by atoms with Crippen molar-refractivity contribution in [3.63, 3.8) is 0 Å². The molecular weight excluding hydrogens is 304 g/mol. The number of hydrogen-bond donors (Lipinski definition) is 1. The molecule has 1 heterocycles. The molecule has 2 aromatic rings. The Labute approximate surface area is 108 Å². The highest BCUT2D eigenvalue weighted by Crippen LogP contribution is 2.26. The van der Waals surface area contributed by atoms with Crippen LogP contribution >= 0.6 is 15.9 Å². The van der Waals surface area contributed by atoms with Gasteiger partial charge in [0, 0.05) is 17.3 Å². The zero-order chi connectivity index (χ0) is 12.5. The van der Waals surface area contributed by atoms with Crippen LogP contribution in [0.4, 0.5) is 0 Å². The monoisotopic (exact) mass is 312 g/mol. The van der Waals surface area contributed by atoms with E-state index in [1.807, 2.05) is 0 Å². The molecule has 0 unspecified atom stereocenters. The average Bonchev–Trinajstić information content (AvgIpc) is 2.29.